The average molecular weight is 350 g/mol. The predicted octanol–water partition coefficient (Wildman–Crippen LogP) is 3.96. The van der Waals surface area contributed by atoms with Gasteiger partial charge in [-0.15, -0.1) is 0 Å². The van der Waals surface area contributed by atoms with Crippen LogP contribution in [0.4, 0.5) is 11.4 Å². The Bertz CT molecular complexity index is 801. The van der Waals surface area contributed by atoms with Gasteiger partial charge in [-0.1, -0.05) is 43.3 Å². The summed E-state index contributed by atoms with van der Waals surface area (Å²) in [6.07, 6.45) is 1.14. The fraction of sp³-hybridized carbons (Fsp3) is 0.364. The van der Waals surface area contributed by atoms with Gasteiger partial charge in [-0.3, -0.25) is 9.59 Å². The van der Waals surface area contributed by atoms with Crippen molar-refractivity contribution in [3.63, 3.8) is 0 Å². The maximum Gasteiger partial charge on any atom is 0.232 e. The van der Waals surface area contributed by atoms with Crippen LogP contribution in [-0.4, -0.2) is 24.9 Å². The number of carbonyl (C=O) groups is 2. The van der Waals surface area contributed by atoms with E-state index in [-0.39, 0.29) is 24.2 Å². The summed E-state index contributed by atoms with van der Waals surface area (Å²) in [6.45, 7) is 7.14. The molecule has 2 amide bonds. The van der Waals surface area contributed by atoms with Crippen LogP contribution in [0.3, 0.4) is 0 Å². The summed E-state index contributed by atoms with van der Waals surface area (Å²) in [5, 5.41) is 0. The molecule has 26 heavy (non-hydrogen) atoms. The van der Waals surface area contributed by atoms with Crippen LogP contribution in [0.25, 0.3) is 0 Å². The summed E-state index contributed by atoms with van der Waals surface area (Å²) < 4.78 is 0. The van der Waals surface area contributed by atoms with E-state index >= 15 is 0 Å². The van der Waals surface area contributed by atoms with Gasteiger partial charge in [0.25, 0.3) is 0 Å². The fourth-order valence-electron chi connectivity index (χ4n) is 3.77. The van der Waals surface area contributed by atoms with Crippen LogP contribution in [0.15, 0.2) is 48.5 Å². The maximum atomic E-state index is 13.1. The zero-order chi connectivity index (χ0) is 18.7. The Labute approximate surface area is 155 Å². The molecule has 1 unspecified atom stereocenters. The summed E-state index contributed by atoms with van der Waals surface area (Å²) >= 11 is 0. The van der Waals surface area contributed by atoms with Crippen molar-refractivity contribution in [1.82, 2.24) is 0 Å². The minimum absolute atomic E-state index is 0.0289. The highest BCUT2D eigenvalue weighted by molar-refractivity contribution is 6.05. The van der Waals surface area contributed by atoms with Gasteiger partial charge in [0.15, 0.2) is 0 Å². The van der Waals surface area contributed by atoms with Crippen LogP contribution in [0.5, 0.6) is 0 Å². The number of amides is 2. The number of aryl methyl sites for hydroxylation is 2. The van der Waals surface area contributed by atoms with Crippen LogP contribution in [-0.2, 0) is 16.0 Å². The molecule has 1 saturated heterocycles. The first-order chi connectivity index (χ1) is 12.6. The second-order valence-corrected chi connectivity index (χ2v) is 6.76. The highest BCUT2D eigenvalue weighted by Crippen LogP contribution is 2.32. The van der Waals surface area contributed by atoms with Crippen molar-refractivity contribution in [3.8, 4) is 0 Å². The number of rotatable bonds is 5. The summed E-state index contributed by atoms with van der Waals surface area (Å²) in [5.41, 5.74) is 4.11. The number of carbonyl (C=O) groups excluding carboxylic acids is 2. The molecule has 1 aliphatic rings. The van der Waals surface area contributed by atoms with Crippen LogP contribution >= 0.6 is 0 Å². The van der Waals surface area contributed by atoms with Crippen LogP contribution in [0, 0.1) is 12.8 Å². The van der Waals surface area contributed by atoms with Crippen molar-refractivity contribution in [3.05, 3.63) is 59.7 Å². The number of para-hydroxylation sites is 2. The van der Waals surface area contributed by atoms with Crippen molar-refractivity contribution >= 4 is 23.2 Å². The van der Waals surface area contributed by atoms with E-state index in [4.69, 9.17) is 0 Å². The second-order valence-electron chi connectivity index (χ2n) is 6.76. The molecular formula is C22H26N2O2. The minimum Gasteiger partial charge on any atom is -0.312 e. The molecular weight excluding hydrogens is 324 g/mol. The second kappa shape index (κ2) is 7.73. The Hall–Kier alpha value is -2.62. The Morgan fingerprint density at radius 3 is 2.50 bits per heavy atom. The zero-order valence-corrected chi connectivity index (χ0v) is 15.7. The van der Waals surface area contributed by atoms with Gasteiger partial charge in [-0.05, 0) is 43.5 Å². The molecule has 1 aliphatic heterocycles. The Kier molecular flexibility index (Phi) is 5.40. The molecule has 0 aromatic heterocycles. The number of anilines is 2. The summed E-state index contributed by atoms with van der Waals surface area (Å²) in [7, 11) is 0. The van der Waals surface area contributed by atoms with Gasteiger partial charge in [0.2, 0.25) is 11.8 Å². The van der Waals surface area contributed by atoms with E-state index in [1.54, 1.807) is 4.90 Å². The molecule has 3 rings (SSSR count). The molecule has 0 N–H and O–H groups in total. The Morgan fingerprint density at radius 2 is 1.85 bits per heavy atom. The van der Waals surface area contributed by atoms with Gasteiger partial charge in [0.05, 0.1) is 5.92 Å². The molecule has 0 saturated carbocycles. The van der Waals surface area contributed by atoms with Crippen molar-refractivity contribution in [2.24, 2.45) is 5.92 Å². The van der Waals surface area contributed by atoms with Crippen LogP contribution < -0.4 is 9.80 Å². The van der Waals surface area contributed by atoms with Gasteiger partial charge in [0.1, 0.15) is 0 Å². The largest absolute Gasteiger partial charge is 0.312 e. The lowest BCUT2D eigenvalue weighted by molar-refractivity contribution is -0.124. The predicted molar refractivity (Wildman–Crippen MR) is 105 cm³/mol. The van der Waals surface area contributed by atoms with Gasteiger partial charge in [-0.25, -0.2) is 0 Å². The first-order valence-electron chi connectivity index (χ1n) is 9.32. The number of nitrogens with zero attached hydrogens (tertiary/aromatic N) is 2. The van der Waals surface area contributed by atoms with Crippen molar-refractivity contribution in [2.75, 3.05) is 22.9 Å². The van der Waals surface area contributed by atoms with Gasteiger partial charge < -0.3 is 9.80 Å². The van der Waals surface area contributed by atoms with Gasteiger partial charge in [-0.2, -0.15) is 0 Å². The van der Waals surface area contributed by atoms with E-state index in [1.807, 2.05) is 61.2 Å². The van der Waals surface area contributed by atoms with E-state index in [0.717, 1.165) is 28.9 Å². The maximum absolute atomic E-state index is 13.1. The number of benzene rings is 2. The molecule has 0 bridgehead atoms. The standard InChI is InChI=1S/C22H26N2O2/c1-4-17-11-9-10-16(3)21(17)24-15-18(14-20(24)25)22(26)23(5-2)19-12-7-6-8-13-19/h6-13,18H,4-5,14-15H2,1-3H3. The quantitative estimate of drug-likeness (QED) is 0.819. The molecule has 2 aromatic rings. The topological polar surface area (TPSA) is 40.6 Å². The van der Waals surface area contributed by atoms with E-state index in [9.17, 15) is 9.59 Å². The molecule has 1 atom stereocenters. The third-order valence-corrected chi connectivity index (χ3v) is 5.10. The lowest BCUT2D eigenvalue weighted by Gasteiger charge is -2.25. The summed E-state index contributed by atoms with van der Waals surface area (Å²) in [5.74, 6) is -0.232. The average Bonchev–Trinajstić information content (AvgIpc) is 3.04. The highest BCUT2D eigenvalue weighted by atomic mass is 16.2. The Morgan fingerprint density at radius 1 is 1.12 bits per heavy atom. The number of hydrogen-bond donors (Lipinski definition) is 0. The molecule has 1 heterocycles. The molecule has 0 spiro atoms. The number of hydrogen-bond acceptors (Lipinski definition) is 2. The van der Waals surface area contributed by atoms with E-state index in [1.165, 1.54) is 0 Å². The molecule has 4 heteroatoms. The van der Waals surface area contributed by atoms with Crippen molar-refractivity contribution < 1.29 is 9.59 Å². The smallest absolute Gasteiger partial charge is 0.232 e. The normalized spacial score (nSPS) is 16.8. The highest BCUT2D eigenvalue weighted by Gasteiger charge is 2.38. The third kappa shape index (κ3) is 3.36. The van der Waals surface area contributed by atoms with Gasteiger partial charge >= 0.3 is 0 Å². The van der Waals surface area contributed by atoms with Crippen LogP contribution in [0.2, 0.25) is 0 Å². The van der Waals surface area contributed by atoms with Crippen molar-refractivity contribution in [2.45, 2.75) is 33.6 Å². The Balaban J connectivity index is 1.85. The first kappa shape index (κ1) is 18.2. The minimum atomic E-state index is -0.299. The molecule has 4 nitrogen and oxygen atoms in total. The van der Waals surface area contributed by atoms with E-state index in [2.05, 4.69) is 13.0 Å². The summed E-state index contributed by atoms with van der Waals surface area (Å²) in [6, 6.07) is 15.8. The first-order valence-corrected chi connectivity index (χ1v) is 9.32. The summed E-state index contributed by atoms with van der Waals surface area (Å²) in [4.78, 5) is 29.4. The lowest BCUT2D eigenvalue weighted by Crippen LogP contribution is -2.37. The van der Waals surface area contributed by atoms with Crippen molar-refractivity contribution in [1.29, 1.82) is 0 Å². The molecule has 136 valence electrons. The van der Waals surface area contributed by atoms with E-state index in [0.29, 0.717) is 13.1 Å². The molecule has 1 fully saturated rings. The van der Waals surface area contributed by atoms with Gasteiger partial charge in [0, 0.05) is 30.9 Å². The SMILES string of the molecule is CCc1cccc(C)c1N1CC(C(=O)N(CC)c2ccccc2)CC1=O. The van der Waals surface area contributed by atoms with Crippen LogP contribution in [0.1, 0.15) is 31.4 Å². The molecule has 0 aliphatic carbocycles. The molecule has 0 radical (unpaired) electrons. The van der Waals surface area contributed by atoms with E-state index < -0.39 is 0 Å². The third-order valence-electron chi connectivity index (χ3n) is 5.10. The zero-order valence-electron chi connectivity index (χ0n) is 15.7. The lowest BCUT2D eigenvalue weighted by atomic mass is 10.0. The fourth-order valence-corrected chi connectivity index (χ4v) is 3.77. The monoisotopic (exact) mass is 350 g/mol. The molecule has 2 aromatic carbocycles.